The minimum Gasteiger partial charge on any atom is -0.464 e. The van der Waals surface area contributed by atoms with Crippen molar-refractivity contribution in [1.29, 1.82) is 0 Å². The zero-order valence-electron chi connectivity index (χ0n) is 20.6. The summed E-state index contributed by atoms with van der Waals surface area (Å²) in [6.07, 6.45) is 2.75. The summed E-state index contributed by atoms with van der Waals surface area (Å²) in [5.74, 6) is -2.11. The van der Waals surface area contributed by atoms with E-state index in [9.17, 15) is 24.3 Å². The van der Waals surface area contributed by atoms with Crippen LogP contribution in [0.1, 0.15) is 58.9 Å². The van der Waals surface area contributed by atoms with E-state index in [0.29, 0.717) is 25.7 Å². The number of nitrogens with one attached hydrogen (secondary N) is 3. The summed E-state index contributed by atoms with van der Waals surface area (Å²) >= 11 is 0. The quantitative estimate of drug-likeness (QED) is 0.223. The first kappa shape index (κ1) is 29.1. The number of hydrogen-bond acceptors (Lipinski definition) is 6. The van der Waals surface area contributed by atoms with E-state index in [4.69, 9.17) is 4.74 Å². The number of esters is 1. The van der Waals surface area contributed by atoms with E-state index in [0.717, 1.165) is 12.0 Å². The lowest BCUT2D eigenvalue weighted by atomic mass is 10.0. The maximum absolute atomic E-state index is 13.0. The monoisotopic (exact) mass is 477 g/mol. The van der Waals surface area contributed by atoms with E-state index in [1.807, 2.05) is 51.1 Å². The van der Waals surface area contributed by atoms with Crippen LogP contribution in [0.2, 0.25) is 0 Å². The molecule has 4 N–H and O–H groups in total. The Hall–Kier alpha value is -2.94. The molecule has 0 spiro atoms. The van der Waals surface area contributed by atoms with Crippen LogP contribution in [0.4, 0.5) is 0 Å². The molecule has 0 saturated heterocycles. The van der Waals surface area contributed by atoms with Crippen molar-refractivity contribution in [2.24, 2.45) is 5.92 Å². The zero-order chi connectivity index (χ0) is 25.5. The van der Waals surface area contributed by atoms with Gasteiger partial charge in [-0.1, -0.05) is 57.5 Å². The Kier molecular flexibility index (Phi) is 13.5. The third-order valence-corrected chi connectivity index (χ3v) is 5.12. The van der Waals surface area contributed by atoms with E-state index in [1.54, 1.807) is 0 Å². The van der Waals surface area contributed by atoms with Gasteiger partial charge in [-0.05, 0) is 37.2 Å². The number of ether oxygens (including phenoxy) is 1. The molecule has 34 heavy (non-hydrogen) atoms. The maximum Gasteiger partial charge on any atom is 0.331 e. The highest BCUT2D eigenvalue weighted by Gasteiger charge is 2.30. The van der Waals surface area contributed by atoms with Gasteiger partial charge in [0.05, 0.1) is 13.2 Å². The first-order valence-electron chi connectivity index (χ1n) is 11.9. The molecular weight excluding hydrogens is 438 g/mol. The summed E-state index contributed by atoms with van der Waals surface area (Å²) in [6.45, 7) is 6.66. The molecule has 9 heteroatoms. The van der Waals surface area contributed by atoms with Crippen LogP contribution in [0, 0.1) is 5.92 Å². The Balaban J connectivity index is 2.86. The van der Waals surface area contributed by atoms with Crippen molar-refractivity contribution in [3.63, 3.8) is 0 Å². The molecule has 0 aliphatic heterocycles. The molecule has 0 bridgehead atoms. The Morgan fingerprint density at radius 3 is 2.12 bits per heavy atom. The fourth-order valence-electron chi connectivity index (χ4n) is 3.31. The molecule has 0 saturated carbocycles. The molecule has 0 aliphatic carbocycles. The number of rotatable bonds is 15. The first-order valence-corrected chi connectivity index (χ1v) is 11.9. The molecule has 0 heterocycles. The van der Waals surface area contributed by atoms with Crippen LogP contribution in [0.5, 0.6) is 0 Å². The lowest BCUT2D eigenvalue weighted by Gasteiger charge is -2.25. The minimum absolute atomic E-state index is 0.0590. The molecule has 0 unspecified atom stereocenters. The van der Waals surface area contributed by atoms with Gasteiger partial charge in [-0.25, -0.2) is 4.79 Å². The summed E-state index contributed by atoms with van der Waals surface area (Å²) in [6, 6.07) is 6.58. The second kappa shape index (κ2) is 15.8. The molecule has 0 radical (unpaired) electrons. The number of amides is 3. The van der Waals surface area contributed by atoms with Crippen molar-refractivity contribution in [3.8, 4) is 0 Å². The molecule has 0 aromatic heterocycles. The summed E-state index contributed by atoms with van der Waals surface area (Å²) in [4.78, 5) is 49.8. The number of unbranched alkanes of at least 4 members (excludes halogenated alkanes) is 1. The maximum atomic E-state index is 13.0. The van der Waals surface area contributed by atoms with Crippen LogP contribution in [-0.2, 0) is 30.3 Å². The van der Waals surface area contributed by atoms with Crippen molar-refractivity contribution in [2.45, 2.75) is 77.9 Å². The van der Waals surface area contributed by atoms with Gasteiger partial charge in [0.1, 0.15) is 12.1 Å². The van der Waals surface area contributed by atoms with Crippen LogP contribution in [-0.4, -0.2) is 60.1 Å². The van der Waals surface area contributed by atoms with Gasteiger partial charge in [-0.3, -0.25) is 14.4 Å². The van der Waals surface area contributed by atoms with Crippen LogP contribution >= 0.6 is 0 Å². The van der Waals surface area contributed by atoms with Gasteiger partial charge in [-0.15, -0.1) is 0 Å². The second-order valence-electron chi connectivity index (χ2n) is 8.73. The predicted molar refractivity (Wildman–Crippen MR) is 129 cm³/mol. The lowest BCUT2D eigenvalue weighted by Crippen LogP contribution is -2.56. The van der Waals surface area contributed by atoms with E-state index in [-0.39, 0.29) is 18.4 Å². The summed E-state index contributed by atoms with van der Waals surface area (Å²) < 4.78 is 5.09. The van der Waals surface area contributed by atoms with Gasteiger partial charge < -0.3 is 25.8 Å². The van der Waals surface area contributed by atoms with Gasteiger partial charge in [0.2, 0.25) is 17.7 Å². The fourth-order valence-corrected chi connectivity index (χ4v) is 3.31. The highest BCUT2D eigenvalue weighted by atomic mass is 16.5. The van der Waals surface area contributed by atoms with E-state index >= 15 is 0 Å². The van der Waals surface area contributed by atoms with Gasteiger partial charge in [0.15, 0.2) is 6.04 Å². The van der Waals surface area contributed by atoms with Gasteiger partial charge in [-0.2, -0.15) is 0 Å². The molecule has 1 aromatic rings. The van der Waals surface area contributed by atoms with Crippen LogP contribution in [0.15, 0.2) is 30.3 Å². The fraction of sp³-hybridized carbons (Fsp3) is 0.600. The van der Waals surface area contributed by atoms with Gasteiger partial charge in [0, 0.05) is 6.92 Å². The van der Waals surface area contributed by atoms with Crippen molar-refractivity contribution in [1.82, 2.24) is 16.0 Å². The Bertz CT molecular complexity index is 784. The number of hydrogen-bond donors (Lipinski definition) is 4. The topological polar surface area (TPSA) is 134 Å². The van der Waals surface area contributed by atoms with Crippen molar-refractivity contribution < 1.29 is 29.0 Å². The normalized spacial score (nSPS) is 13.5. The zero-order valence-corrected chi connectivity index (χ0v) is 20.6. The van der Waals surface area contributed by atoms with E-state index < -0.39 is 42.5 Å². The number of carbonyl (C=O) groups excluding carboxylic acids is 4. The molecule has 3 atom stereocenters. The van der Waals surface area contributed by atoms with Crippen molar-refractivity contribution in [3.05, 3.63) is 35.9 Å². The van der Waals surface area contributed by atoms with Gasteiger partial charge >= 0.3 is 5.97 Å². The molecule has 9 nitrogen and oxygen atoms in total. The van der Waals surface area contributed by atoms with Crippen molar-refractivity contribution in [2.75, 3.05) is 13.2 Å². The predicted octanol–water partition coefficient (Wildman–Crippen LogP) is 1.48. The van der Waals surface area contributed by atoms with Gasteiger partial charge in [0.25, 0.3) is 0 Å². The number of aliphatic hydroxyl groups is 1. The molecule has 1 aromatic carbocycles. The Labute approximate surface area is 202 Å². The SMILES string of the molecule is CCCCOC(=O)[C@H](CO)NC(=O)[C@H](CC(C)C)NC(=O)[C@H](CCc1ccccc1)NC(C)=O. The smallest absolute Gasteiger partial charge is 0.331 e. The highest BCUT2D eigenvalue weighted by molar-refractivity contribution is 5.93. The Morgan fingerprint density at radius 1 is 0.941 bits per heavy atom. The first-order chi connectivity index (χ1) is 16.2. The standard InChI is InChI=1S/C25H39N3O6/c1-5-6-14-34-25(33)22(16-29)28-24(32)21(15-17(2)3)27-23(31)20(26-18(4)30)13-12-19-10-8-7-9-11-19/h7-11,17,20-22,29H,5-6,12-16H2,1-4H3,(H,26,30)(H,27,31)(H,28,32)/t20-,21-,22-/m0/s1. The molecule has 3 amide bonds. The molecule has 0 fully saturated rings. The molecule has 190 valence electrons. The summed E-state index contributed by atoms with van der Waals surface area (Å²) in [5.41, 5.74) is 1.02. The largest absolute Gasteiger partial charge is 0.464 e. The third kappa shape index (κ3) is 11.3. The Morgan fingerprint density at radius 2 is 1.56 bits per heavy atom. The van der Waals surface area contributed by atoms with Crippen molar-refractivity contribution >= 4 is 23.7 Å². The average Bonchev–Trinajstić information content (AvgIpc) is 2.79. The molecule has 0 aliphatic rings. The summed E-state index contributed by atoms with van der Waals surface area (Å²) in [5, 5.41) is 17.4. The number of carbonyl (C=O) groups is 4. The van der Waals surface area contributed by atoms with Crippen LogP contribution < -0.4 is 16.0 Å². The average molecular weight is 478 g/mol. The highest BCUT2D eigenvalue weighted by Crippen LogP contribution is 2.09. The molecular formula is C25H39N3O6. The summed E-state index contributed by atoms with van der Waals surface area (Å²) in [7, 11) is 0. The lowest BCUT2D eigenvalue weighted by molar-refractivity contribution is -0.149. The molecule has 1 rings (SSSR count). The number of benzene rings is 1. The third-order valence-electron chi connectivity index (χ3n) is 5.12. The second-order valence-corrected chi connectivity index (χ2v) is 8.73. The minimum atomic E-state index is -1.22. The van der Waals surface area contributed by atoms with E-state index in [1.165, 1.54) is 6.92 Å². The van der Waals surface area contributed by atoms with Crippen LogP contribution in [0.25, 0.3) is 0 Å². The van der Waals surface area contributed by atoms with Crippen LogP contribution in [0.3, 0.4) is 0 Å². The number of aryl methyl sites for hydroxylation is 1. The number of aliphatic hydroxyl groups excluding tert-OH is 1. The van der Waals surface area contributed by atoms with E-state index in [2.05, 4.69) is 16.0 Å².